The average molecular weight is 437 g/mol. The number of carbonyl (C=O) groups is 1. The van der Waals surface area contributed by atoms with Crippen LogP contribution in [0.3, 0.4) is 0 Å². The van der Waals surface area contributed by atoms with Crippen LogP contribution in [0.1, 0.15) is 33.5 Å². The van der Waals surface area contributed by atoms with E-state index in [0.717, 1.165) is 16.8 Å². The molecule has 0 N–H and O–H groups in total. The smallest absolute Gasteiger partial charge is 0.257 e. The number of halogens is 2. The van der Waals surface area contributed by atoms with Crippen molar-refractivity contribution in [2.45, 2.75) is 26.0 Å². The largest absolute Gasteiger partial charge is 0.390 e. The van der Waals surface area contributed by atoms with Crippen molar-refractivity contribution in [3.8, 4) is 0 Å². The fourth-order valence-corrected chi connectivity index (χ4v) is 3.74. The van der Waals surface area contributed by atoms with Crippen LogP contribution in [-0.4, -0.2) is 29.2 Å². The van der Waals surface area contributed by atoms with Crippen LogP contribution in [0.15, 0.2) is 78.0 Å². The van der Waals surface area contributed by atoms with Gasteiger partial charge in [0.25, 0.3) is 5.91 Å². The van der Waals surface area contributed by atoms with Crippen LogP contribution in [0.25, 0.3) is 0 Å². The number of benzene rings is 3. The monoisotopic (exact) mass is 436 g/mol. The Hall–Kier alpha value is -3.18. The Morgan fingerprint density at radius 1 is 1.10 bits per heavy atom. The minimum atomic E-state index is -0.555. The quantitative estimate of drug-likeness (QED) is 0.503. The van der Waals surface area contributed by atoms with Gasteiger partial charge in [0.2, 0.25) is 0 Å². The summed E-state index contributed by atoms with van der Waals surface area (Å²) in [5.74, 6) is -0.967. The van der Waals surface area contributed by atoms with Crippen LogP contribution in [0.2, 0.25) is 5.02 Å². The zero-order valence-electron chi connectivity index (χ0n) is 17.1. The fourth-order valence-electron chi connectivity index (χ4n) is 3.55. The maximum atomic E-state index is 14.3. The van der Waals surface area contributed by atoms with E-state index in [1.807, 2.05) is 49.4 Å². The van der Waals surface area contributed by atoms with Gasteiger partial charge in [0.05, 0.1) is 17.8 Å². The molecular weight excluding hydrogens is 415 g/mol. The molecule has 158 valence electrons. The van der Waals surface area contributed by atoms with Crippen LogP contribution < -0.4 is 0 Å². The Morgan fingerprint density at radius 3 is 2.55 bits per heavy atom. The topological polar surface area (TPSA) is 41.9 Å². The van der Waals surface area contributed by atoms with Gasteiger partial charge in [0, 0.05) is 18.0 Å². The summed E-state index contributed by atoms with van der Waals surface area (Å²) in [5, 5.41) is 4.78. The number of aryl methyl sites for hydroxylation is 1. The third-order valence-corrected chi connectivity index (χ3v) is 5.62. The first-order valence-electron chi connectivity index (χ1n) is 10.1. The number of carbonyl (C=O) groups excluding carboxylic acids is 1. The lowest BCUT2D eigenvalue weighted by atomic mass is 10.0. The van der Waals surface area contributed by atoms with Crippen molar-refractivity contribution in [3.63, 3.8) is 0 Å². The number of oxime groups is 1. The van der Waals surface area contributed by atoms with Gasteiger partial charge < -0.3 is 9.74 Å². The van der Waals surface area contributed by atoms with E-state index in [1.165, 1.54) is 17.7 Å². The summed E-state index contributed by atoms with van der Waals surface area (Å²) >= 11 is 6.32. The molecule has 0 saturated carbocycles. The van der Waals surface area contributed by atoms with E-state index in [1.54, 1.807) is 23.1 Å². The Morgan fingerprint density at radius 2 is 1.81 bits per heavy atom. The predicted molar refractivity (Wildman–Crippen MR) is 120 cm³/mol. The van der Waals surface area contributed by atoms with Crippen molar-refractivity contribution in [2.24, 2.45) is 5.16 Å². The fraction of sp³-hybridized carbons (Fsp3) is 0.200. The summed E-state index contributed by atoms with van der Waals surface area (Å²) in [7, 11) is 0. The van der Waals surface area contributed by atoms with E-state index in [4.69, 9.17) is 16.4 Å². The van der Waals surface area contributed by atoms with E-state index in [-0.39, 0.29) is 24.8 Å². The van der Waals surface area contributed by atoms with Gasteiger partial charge >= 0.3 is 0 Å². The first kappa shape index (κ1) is 21.1. The van der Waals surface area contributed by atoms with E-state index < -0.39 is 11.7 Å². The summed E-state index contributed by atoms with van der Waals surface area (Å²) in [4.78, 5) is 20.4. The molecule has 1 aliphatic heterocycles. The maximum absolute atomic E-state index is 14.3. The van der Waals surface area contributed by atoms with Crippen molar-refractivity contribution >= 4 is 23.2 Å². The van der Waals surface area contributed by atoms with Crippen LogP contribution in [-0.2, 0) is 11.4 Å². The first-order chi connectivity index (χ1) is 15.0. The summed E-state index contributed by atoms with van der Waals surface area (Å²) in [6.07, 6.45) is 0.238. The number of amides is 1. The van der Waals surface area contributed by atoms with Crippen LogP contribution in [0.5, 0.6) is 0 Å². The first-order valence-corrected chi connectivity index (χ1v) is 10.5. The Kier molecular flexibility index (Phi) is 6.33. The SMILES string of the molecule is Cc1ccc(C2=NOC(CN(Cc3ccccc3Cl)C(=O)c3ccccc3F)C2)cc1. The van der Waals surface area contributed by atoms with Gasteiger partial charge in [-0.25, -0.2) is 4.39 Å². The molecule has 3 aromatic rings. The highest BCUT2D eigenvalue weighted by Gasteiger charge is 2.28. The minimum absolute atomic E-state index is 0.0206. The van der Waals surface area contributed by atoms with Gasteiger partial charge in [-0.3, -0.25) is 4.79 Å². The van der Waals surface area contributed by atoms with Crippen molar-refractivity contribution in [2.75, 3.05) is 6.54 Å². The number of rotatable bonds is 6. The van der Waals surface area contributed by atoms with E-state index in [2.05, 4.69) is 5.16 Å². The molecule has 3 aromatic carbocycles. The molecule has 31 heavy (non-hydrogen) atoms. The molecule has 6 heteroatoms. The third kappa shape index (κ3) is 4.94. The summed E-state index contributed by atoms with van der Waals surface area (Å²) in [6, 6.07) is 21.4. The molecule has 0 spiro atoms. The molecule has 1 heterocycles. The summed E-state index contributed by atoms with van der Waals surface area (Å²) in [6.45, 7) is 2.53. The van der Waals surface area contributed by atoms with Crippen molar-refractivity contribution in [3.05, 3.63) is 106 Å². The second-order valence-corrected chi connectivity index (χ2v) is 8.00. The highest BCUT2D eigenvalue weighted by atomic mass is 35.5. The molecule has 0 saturated heterocycles. The molecule has 4 rings (SSSR count). The molecule has 4 nitrogen and oxygen atoms in total. The number of hydrogen-bond donors (Lipinski definition) is 0. The van der Waals surface area contributed by atoms with Gasteiger partial charge in [-0.1, -0.05) is 76.9 Å². The average Bonchev–Trinajstić information content (AvgIpc) is 3.24. The third-order valence-electron chi connectivity index (χ3n) is 5.25. The van der Waals surface area contributed by atoms with Gasteiger partial charge in [0.15, 0.2) is 6.10 Å². The highest BCUT2D eigenvalue weighted by molar-refractivity contribution is 6.31. The number of hydrogen-bond acceptors (Lipinski definition) is 3. The Labute approximate surface area is 185 Å². The van der Waals surface area contributed by atoms with E-state index >= 15 is 0 Å². The molecule has 0 aromatic heterocycles. The van der Waals surface area contributed by atoms with Crippen LogP contribution in [0.4, 0.5) is 4.39 Å². The van der Waals surface area contributed by atoms with Gasteiger partial charge in [-0.05, 0) is 36.2 Å². The molecule has 1 atom stereocenters. The summed E-state index contributed by atoms with van der Waals surface area (Å²) < 4.78 is 14.3. The second kappa shape index (κ2) is 9.31. The zero-order valence-corrected chi connectivity index (χ0v) is 17.8. The Bertz CT molecular complexity index is 1110. The Balaban J connectivity index is 1.53. The van der Waals surface area contributed by atoms with Crippen molar-refractivity contribution in [1.82, 2.24) is 4.90 Å². The highest BCUT2D eigenvalue weighted by Crippen LogP contribution is 2.23. The molecule has 1 aliphatic rings. The van der Waals surface area contributed by atoms with Gasteiger partial charge in [-0.2, -0.15) is 0 Å². The second-order valence-electron chi connectivity index (χ2n) is 7.59. The zero-order chi connectivity index (χ0) is 21.8. The van der Waals surface area contributed by atoms with Crippen molar-refractivity contribution in [1.29, 1.82) is 0 Å². The van der Waals surface area contributed by atoms with Crippen molar-refractivity contribution < 1.29 is 14.0 Å². The molecule has 1 unspecified atom stereocenters. The number of nitrogens with zero attached hydrogens (tertiary/aromatic N) is 2. The van der Waals surface area contributed by atoms with Crippen LogP contribution in [0, 0.1) is 12.7 Å². The standard InChI is InChI=1S/C25H22ClFN2O2/c1-17-10-12-18(13-11-17)24-14-20(31-28-24)16-29(15-19-6-2-4-8-22(19)26)25(30)21-7-3-5-9-23(21)27/h2-13,20H,14-16H2,1H3. The van der Waals surface area contributed by atoms with Gasteiger partial charge in [0.1, 0.15) is 5.82 Å². The summed E-state index contributed by atoms with van der Waals surface area (Å²) in [5.41, 5.74) is 3.80. The molecule has 1 amide bonds. The minimum Gasteiger partial charge on any atom is -0.390 e. The molecule has 0 bridgehead atoms. The van der Waals surface area contributed by atoms with Gasteiger partial charge in [-0.15, -0.1) is 0 Å². The molecule has 0 radical (unpaired) electrons. The maximum Gasteiger partial charge on any atom is 0.257 e. The van der Waals surface area contributed by atoms with E-state index in [9.17, 15) is 9.18 Å². The molecular formula is C25H22ClFN2O2. The lowest BCUT2D eigenvalue weighted by Crippen LogP contribution is -2.37. The lowest BCUT2D eigenvalue weighted by Gasteiger charge is -2.25. The molecule has 0 fully saturated rings. The van der Waals surface area contributed by atoms with Crippen LogP contribution >= 0.6 is 11.6 Å². The molecule has 0 aliphatic carbocycles. The predicted octanol–water partition coefficient (Wildman–Crippen LogP) is 5.62. The lowest BCUT2D eigenvalue weighted by molar-refractivity contribution is 0.0402. The van der Waals surface area contributed by atoms with E-state index in [0.29, 0.717) is 11.4 Å². The normalized spacial score (nSPS) is 15.3.